The first-order valence-corrected chi connectivity index (χ1v) is 9.32. The fraction of sp³-hybridized carbons (Fsp3) is 0.0400. The van der Waals surface area contributed by atoms with Gasteiger partial charge in [0.2, 0.25) is 0 Å². The number of allylic oxidation sites excluding steroid dienone is 1. The van der Waals surface area contributed by atoms with Crippen LogP contribution in [0.15, 0.2) is 82.0 Å². The minimum Gasteiger partial charge on any atom is -0.507 e. The lowest BCUT2D eigenvalue weighted by molar-refractivity contribution is 0.104. The van der Waals surface area contributed by atoms with Crippen LogP contribution in [0.1, 0.15) is 21.5 Å². The standard InChI is InChI=1S/C25H18O5/c1-15-19(27)14-20-23(24(15)28)21(17-10-6-3-7-11-17)22(25(29)30-20)18(26)13-12-16-8-4-2-5-9-16/h2-14,27-28H,1H3. The molecule has 5 nitrogen and oxygen atoms in total. The molecule has 30 heavy (non-hydrogen) atoms. The van der Waals surface area contributed by atoms with Crippen LogP contribution in [0.4, 0.5) is 0 Å². The number of benzene rings is 3. The van der Waals surface area contributed by atoms with Crippen molar-refractivity contribution >= 4 is 22.8 Å². The van der Waals surface area contributed by atoms with Crippen molar-refractivity contribution in [2.45, 2.75) is 6.92 Å². The van der Waals surface area contributed by atoms with Crippen molar-refractivity contribution in [2.24, 2.45) is 0 Å². The average Bonchev–Trinajstić information content (AvgIpc) is 2.76. The fourth-order valence-corrected chi connectivity index (χ4v) is 3.37. The van der Waals surface area contributed by atoms with Gasteiger partial charge in [-0.15, -0.1) is 0 Å². The Bertz CT molecular complexity index is 1330. The van der Waals surface area contributed by atoms with E-state index in [1.165, 1.54) is 12.1 Å². The lowest BCUT2D eigenvalue weighted by atomic mass is 9.93. The molecule has 0 radical (unpaired) electrons. The van der Waals surface area contributed by atoms with Gasteiger partial charge in [0, 0.05) is 17.2 Å². The Morgan fingerprint density at radius 2 is 1.60 bits per heavy atom. The largest absolute Gasteiger partial charge is 0.507 e. The van der Waals surface area contributed by atoms with E-state index in [2.05, 4.69) is 0 Å². The summed E-state index contributed by atoms with van der Waals surface area (Å²) in [5, 5.41) is 21.0. The fourth-order valence-electron chi connectivity index (χ4n) is 3.37. The molecule has 0 spiro atoms. The number of phenols is 2. The maximum absolute atomic E-state index is 13.1. The van der Waals surface area contributed by atoms with Crippen LogP contribution in [0, 0.1) is 6.92 Å². The molecule has 1 aromatic heterocycles. The number of carbonyl (C=O) groups is 1. The van der Waals surface area contributed by atoms with E-state index in [0.29, 0.717) is 5.56 Å². The second-order valence-electron chi connectivity index (χ2n) is 6.86. The third-order valence-corrected chi connectivity index (χ3v) is 4.93. The number of ketones is 1. The molecule has 0 unspecified atom stereocenters. The van der Waals surface area contributed by atoms with Gasteiger partial charge in [-0.05, 0) is 24.1 Å². The van der Waals surface area contributed by atoms with Gasteiger partial charge in [0.15, 0.2) is 5.78 Å². The summed E-state index contributed by atoms with van der Waals surface area (Å²) in [4.78, 5) is 25.9. The van der Waals surface area contributed by atoms with Crippen LogP contribution in [-0.4, -0.2) is 16.0 Å². The highest BCUT2D eigenvalue weighted by Crippen LogP contribution is 2.41. The molecule has 0 amide bonds. The minimum absolute atomic E-state index is 0.00282. The van der Waals surface area contributed by atoms with Crippen LogP contribution in [0.25, 0.3) is 28.2 Å². The molecule has 2 N–H and O–H groups in total. The molecule has 0 bridgehead atoms. The van der Waals surface area contributed by atoms with Crippen LogP contribution < -0.4 is 5.63 Å². The van der Waals surface area contributed by atoms with E-state index in [-0.39, 0.29) is 39.2 Å². The SMILES string of the molecule is Cc1c(O)cc2oc(=O)c(C(=O)C=Cc3ccccc3)c(-c3ccccc3)c2c1O. The van der Waals surface area contributed by atoms with E-state index in [1.54, 1.807) is 37.3 Å². The number of hydrogen-bond donors (Lipinski definition) is 2. The third-order valence-electron chi connectivity index (χ3n) is 4.93. The molecule has 148 valence electrons. The third kappa shape index (κ3) is 3.37. The second-order valence-corrected chi connectivity index (χ2v) is 6.86. The van der Waals surface area contributed by atoms with Crippen LogP contribution in [0.5, 0.6) is 11.5 Å². The molecular weight excluding hydrogens is 380 g/mol. The van der Waals surface area contributed by atoms with Gasteiger partial charge in [-0.25, -0.2) is 4.79 Å². The molecule has 0 aliphatic rings. The Kier molecular flexibility index (Phi) is 4.94. The molecule has 5 heteroatoms. The van der Waals surface area contributed by atoms with Gasteiger partial charge in [-0.1, -0.05) is 66.7 Å². The molecule has 1 heterocycles. The molecule has 0 atom stereocenters. The first-order chi connectivity index (χ1) is 14.5. The number of fused-ring (bicyclic) bond motifs is 1. The number of rotatable bonds is 4. The monoisotopic (exact) mass is 398 g/mol. The summed E-state index contributed by atoms with van der Waals surface area (Å²) in [5.74, 6) is -0.989. The van der Waals surface area contributed by atoms with Gasteiger partial charge in [0.1, 0.15) is 22.6 Å². The van der Waals surface area contributed by atoms with Gasteiger partial charge < -0.3 is 14.6 Å². The summed E-state index contributed by atoms with van der Waals surface area (Å²) in [6.45, 7) is 1.54. The predicted octanol–water partition coefficient (Wildman–Crippen LogP) is 5.08. The highest BCUT2D eigenvalue weighted by Gasteiger charge is 2.24. The first-order valence-electron chi connectivity index (χ1n) is 9.32. The Balaban J connectivity index is 2.02. The summed E-state index contributed by atoms with van der Waals surface area (Å²) < 4.78 is 5.31. The Hall–Kier alpha value is -4.12. The second kappa shape index (κ2) is 7.72. The van der Waals surface area contributed by atoms with Crippen molar-refractivity contribution in [1.29, 1.82) is 0 Å². The van der Waals surface area contributed by atoms with Gasteiger partial charge >= 0.3 is 5.63 Å². The number of hydrogen-bond acceptors (Lipinski definition) is 5. The highest BCUT2D eigenvalue weighted by molar-refractivity contribution is 6.15. The van der Waals surface area contributed by atoms with E-state index in [0.717, 1.165) is 5.56 Å². The van der Waals surface area contributed by atoms with Crippen molar-refractivity contribution in [3.8, 4) is 22.6 Å². The Labute approximate surface area is 172 Å². The molecule has 4 rings (SSSR count). The number of phenolic OH excluding ortho intramolecular Hbond substituents is 2. The Morgan fingerprint density at radius 3 is 2.27 bits per heavy atom. The van der Waals surface area contributed by atoms with Crippen molar-refractivity contribution in [2.75, 3.05) is 0 Å². The van der Waals surface area contributed by atoms with E-state index < -0.39 is 11.4 Å². The predicted molar refractivity (Wildman–Crippen MR) is 116 cm³/mol. The molecule has 0 aliphatic heterocycles. The normalized spacial score (nSPS) is 11.2. The maximum Gasteiger partial charge on any atom is 0.348 e. The van der Waals surface area contributed by atoms with Crippen LogP contribution in [0.2, 0.25) is 0 Å². The lowest BCUT2D eigenvalue weighted by Crippen LogP contribution is -2.15. The quantitative estimate of drug-likeness (QED) is 0.284. The maximum atomic E-state index is 13.1. The van der Waals surface area contributed by atoms with E-state index in [4.69, 9.17) is 4.42 Å². The molecular formula is C25H18O5. The van der Waals surface area contributed by atoms with Gasteiger partial charge in [0.05, 0.1) is 5.39 Å². The first kappa shape index (κ1) is 19.2. The molecule has 0 saturated heterocycles. The van der Waals surface area contributed by atoms with Crippen molar-refractivity contribution in [1.82, 2.24) is 0 Å². The van der Waals surface area contributed by atoms with Crippen LogP contribution >= 0.6 is 0 Å². The Morgan fingerprint density at radius 1 is 0.967 bits per heavy atom. The summed E-state index contributed by atoms with van der Waals surface area (Å²) in [5.41, 5.74) is 0.862. The highest BCUT2D eigenvalue weighted by atomic mass is 16.4. The zero-order valence-electron chi connectivity index (χ0n) is 16.1. The van der Waals surface area contributed by atoms with E-state index >= 15 is 0 Å². The number of aromatic hydroxyl groups is 2. The minimum atomic E-state index is -0.841. The van der Waals surface area contributed by atoms with Crippen LogP contribution in [-0.2, 0) is 0 Å². The molecule has 0 fully saturated rings. The summed E-state index contributed by atoms with van der Waals surface area (Å²) >= 11 is 0. The topological polar surface area (TPSA) is 87.7 Å². The van der Waals surface area contributed by atoms with E-state index in [9.17, 15) is 19.8 Å². The molecule has 0 aliphatic carbocycles. The molecule has 0 saturated carbocycles. The van der Waals surface area contributed by atoms with Crippen LogP contribution in [0.3, 0.4) is 0 Å². The molecule has 3 aromatic carbocycles. The van der Waals surface area contributed by atoms with Crippen molar-refractivity contribution < 1.29 is 19.4 Å². The zero-order chi connectivity index (χ0) is 21.3. The van der Waals surface area contributed by atoms with Crippen molar-refractivity contribution in [3.05, 3.63) is 99.9 Å². The van der Waals surface area contributed by atoms with Gasteiger partial charge in [0.25, 0.3) is 0 Å². The smallest absolute Gasteiger partial charge is 0.348 e. The average molecular weight is 398 g/mol. The lowest BCUT2D eigenvalue weighted by Gasteiger charge is -2.13. The van der Waals surface area contributed by atoms with Gasteiger partial charge in [-0.3, -0.25) is 4.79 Å². The summed E-state index contributed by atoms with van der Waals surface area (Å²) in [7, 11) is 0. The van der Waals surface area contributed by atoms with Gasteiger partial charge in [-0.2, -0.15) is 0 Å². The summed E-state index contributed by atoms with van der Waals surface area (Å²) in [6, 6.07) is 19.3. The zero-order valence-corrected chi connectivity index (χ0v) is 16.1. The molecule has 4 aromatic rings. The number of carbonyl (C=O) groups excluding carboxylic acids is 1. The van der Waals surface area contributed by atoms with Crippen molar-refractivity contribution in [3.63, 3.8) is 0 Å². The summed E-state index contributed by atoms with van der Waals surface area (Å²) in [6.07, 6.45) is 2.92. The van der Waals surface area contributed by atoms with E-state index in [1.807, 2.05) is 36.4 Å².